The number of benzene rings is 1. The molecule has 0 saturated heterocycles. The second-order valence-electron chi connectivity index (χ2n) is 4.90. The van der Waals surface area contributed by atoms with Crippen molar-refractivity contribution in [3.05, 3.63) is 28.8 Å². The molecule has 2 rings (SSSR count). The minimum atomic E-state index is -0.355. The maximum atomic E-state index is 10.6. The van der Waals surface area contributed by atoms with Gasteiger partial charge in [0.25, 0.3) is 0 Å². The van der Waals surface area contributed by atoms with Crippen LogP contribution in [0.15, 0.2) is 28.1 Å². The van der Waals surface area contributed by atoms with Crippen molar-refractivity contribution in [2.75, 3.05) is 0 Å². The Bertz CT molecular complexity index is 491. The van der Waals surface area contributed by atoms with Crippen LogP contribution in [-0.4, -0.2) is 11.3 Å². The molecule has 0 unspecified atom stereocenters. The number of hydrogen-bond donors (Lipinski definition) is 0. The predicted molar refractivity (Wildman–Crippen MR) is 76.1 cm³/mol. The summed E-state index contributed by atoms with van der Waals surface area (Å²) in [6, 6.07) is 6.02. The first-order chi connectivity index (χ1) is 8.57. The first-order valence-corrected chi connectivity index (χ1v) is 7.39. The zero-order valence-corrected chi connectivity index (χ0v) is 12.1. The highest BCUT2D eigenvalue weighted by atomic mass is 35.5. The van der Waals surface area contributed by atoms with Crippen LogP contribution in [0.4, 0.5) is 0 Å². The Morgan fingerprint density at radius 2 is 2.17 bits per heavy atom. The largest absolute Gasteiger partial charge is 0.235 e. The highest BCUT2D eigenvalue weighted by Gasteiger charge is 2.39. The van der Waals surface area contributed by atoms with Gasteiger partial charge in [-0.25, -0.2) is 4.79 Å². The van der Waals surface area contributed by atoms with E-state index < -0.39 is 0 Å². The van der Waals surface area contributed by atoms with Crippen LogP contribution in [0.1, 0.15) is 38.7 Å². The second-order valence-corrected chi connectivity index (χ2v) is 6.93. The molecule has 1 fully saturated rings. The molecule has 0 aliphatic heterocycles. The van der Waals surface area contributed by atoms with Gasteiger partial charge in [0.2, 0.25) is 6.08 Å². The standard InChI is InChI=1S/C14H16ClNOS/c1-10(2)18-13-5-4-11(8-12(13)15)14(16-9-17)6-3-7-14/h4-5,8,10H,3,6-7H2,1-2H3. The summed E-state index contributed by atoms with van der Waals surface area (Å²) in [6.45, 7) is 4.28. The first kappa shape index (κ1) is 13.7. The summed E-state index contributed by atoms with van der Waals surface area (Å²) >= 11 is 8.04. The summed E-state index contributed by atoms with van der Waals surface area (Å²) in [5.74, 6) is 0. The molecule has 0 heterocycles. The molecule has 2 nitrogen and oxygen atoms in total. The Hall–Kier alpha value is -0.760. The quantitative estimate of drug-likeness (QED) is 0.460. The van der Waals surface area contributed by atoms with Crippen molar-refractivity contribution < 1.29 is 4.79 Å². The van der Waals surface area contributed by atoms with E-state index in [1.54, 1.807) is 17.8 Å². The highest BCUT2D eigenvalue weighted by Crippen LogP contribution is 2.46. The van der Waals surface area contributed by atoms with Crippen molar-refractivity contribution in [1.29, 1.82) is 0 Å². The number of hydrogen-bond acceptors (Lipinski definition) is 3. The van der Waals surface area contributed by atoms with Crippen LogP contribution in [0.25, 0.3) is 0 Å². The van der Waals surface area contributed by atoms with Gasteiger partial charge >= 0.3 is 0 Å². The number of halogens is 1. The van der Waals surface area contributed by atoms with Gasteiger partial charge in [-0.2, -0.15) is 4.99 Å². The molecule has 0 spiro atoms. The van der Waals surface area contributed by atoms with Gasteiger partial charge in [-0.15, -0.1) is 11.8 Å². The van der Waals surface area contributed by atoms with E-state index in [2.05, 4.69) is 18.8 Å². The topological polar surface area (TPSA) is 29.4 Å². The smallest absolute Gasteiger partial charge is 0.211 e. The van der Waals surface area contributed by atoms with Crippen LogP contribution in [-0.2, 0) is 10.3 Å². The fourth-order valence-electron chi connectivity index (χ4n) is 2.20. The number of isocyanates is 1. The van der Waals surface area contributed by atoms with Crippen molar-refractivity contribution in [2.45, 2.75) is 48.8 Å². The van der Waals surface area contributed by atoms with Gasteiger partial charge in [0.05, 0.1) is 10.6 Å². The third kappa shape index (κ3) is 2.64. The molecule has 1 aliphatic rings. The Balaban J connectivity index is 2.31. The van der Waals surface area contributed by atoms with Crippen molar-refractivity contribution in [2.24, 2.45) is 4.99 Å². The van der Waals surface area contributed by atoms with E-state index in [4.69, 9.17) is 11.6 Å². The van der Waals surface area contributed by atoms with Gasteiger partial charge in [0.15, 0.2) is 0 Å². The van der Waals surface area contributed by atoms with Gasteiger partial charge in [0.1, 0.15) is 0 Å². The summed E-state index contributed by atoms with van der Waals surface area (Å²) < 4.78 is 0. The maximum absolute atomic E-state index is 10.6. The highest BCUT2D eigenvalue weighted by molar-refractivity contribution is 8.00. The lowest BCUT2D eigenvalue weighted by atomic mass is 9.72. The molecule has 18 heavy (non-hydrogen) atoms. The number of thioether (sulfide) groups is 1. The first-order valence-electron chi connectivity index (χ1n) is 6.13. The van der Waals surface area contributed by atoms with Crippen molar-refractivity contribution in [3.63, 3.8) is 0 Å². The lowest BCUT2D eigenvalue weighted by Gasteiger charge is -2.37. The van der Waals surface area contributed by atoms with Gasteiger partial charge in [-0.3, -0.25) is 0 Å². The fraction of sp³-hybridized carbons (Fsp3) is 0.500. The molecule has 0 N–H and O–H groups in total. The summed E-state index contributed by atoms with van der Waals surface area (Å²) in [7, 11) is 0. The third-order valence-corrected chi connectivity index (χ3v) is 4.78. The molecule has 1 aliphatic carbocycles. The van der Waals surface area contributed by atoms with Crippen molar-refractivity contribution >= 4 is 29.4 Å². The molecule has 4 heteroatoms. The lowest BCUT2D eigenvalue weighted by Crippen LogP contribution is -2.31. The van der Waals surface area contributed by atoms with Crippen LogP contribution >= 0.6 is 23.4 Å². The van der Waals surface area contributed by atoms with Crippen LogP contribution in [0, 0.1) is 0 Å². The Morgan fingerprint density at radius 1 is 1.44 bits per heavy atom. The van der Waals surface area contributed by atoms with Crippen molar-refractivity contribution in [1.82, 2.24) is 0 Å². The minimum Gasteiger partial charge on any atom is -0.211 e. The Labute approximate surface area is 117 Å². The zero-order valence-electron chi connectivity index (χ0n) is 10.6. The third-order valence-electron chi connectivity index (χ3n) is 3.27. The monoisotopic (exact) mass is 281 g/mol. The number of nitrogens with zero attached hydrogens (tertiary/aromatic N) is 1. The number of carbonyl (C=O) groups excluding carboxylic acids is 1. The minimum absolute atomic E-state index is 0.355. The van der Waals surface area contributed by atoms with Gasteiger partial charge in [-0.05, 0) is 37.0 Å². The zero-order chi connectivity index (χ0) is 13.2. The van der Waals surface area contributed by atoms with Gasteiger partial charge in [-0.1, -0.05) is 31.5 Å². The number of aliphatic imine (C=N–C) groups is 1. The average molecular weight is 282 g/mol. The van der Waals surface area contributed by atoms with E-state index in [1.807, 2.05) is 18.2 Å². The van der Waals surface area contributed by atoms with Gasteiger partial charge in [0, 0.05) is 10.1 Å². The van der Waals surface area contributed by atoms with Crippen LogP contribution in [0.2, 0.25) is 5.02 Å². The molecule has 1 saturated carbocycles. The van der Waals surface area contributed by atoms with E-state index in [-0.39, 0.29) is 5.54 Å². The fourth-order valence-corrected chi connectivity index (χ4v) is 3.34. The Kier molecular flexibility index (Phi) is 4.16. The molecule has 0 bridgehead atoms. The molecule has 0 atom stereocenters. The molecular weight excluding hydrogens is 266 g/mol. The molecule has 0 radical (unpaired) electrons. The van der Waals surface area contributed by atoms with E-state index in [0.29, 0.717) is 5.25 Å². The molecule has 0 amide bonds. The number of rotatable bonds is 4. The van der Waals surface area contributed by atoms with Crippen LogP contribution in [0.3, 0.4) is 0 Å². The molecule has 1 aromatic carbocycles. The van der Waals surface area contributed by atoms with Crippen molar-refractivity contribution in [3.8, 4) is 0 Å². The van der Waals surface area contributed by atoms with E-state index in [0.717, 1.165) is 34.7 Å². The van der Waals surface area contributed by atoms with E-state index in [1.165, 1.54) is 0 Å². The Morgan fingerprint density at radius 3 is 2.61 bits per heavy atom. The molecule has 96 valence electrons. The summed E-state index contributed by atoms with van der Waals surface area (Å²) in [4.78, 5) is 15.6. The lowest BCUT2D eigenvalue weighted by molar-refractivity contribution is 0.256. The SMILES string of the molecule is CC(C)Sc1ccc(C2(N=C=O)CCC2)cc1Cl. The summed E-state index contributed by atoms with van der Waals surface area (Å²) in [5.41, 5.74) is 0.682. The molecular formula is C14H16ClNOS. The summed E-state index contributed by atoms with van der Waals surface area (Å²) in [6.07, 6.45) is 4.63. The van der Waals surface area contributed by atoms with Crippen LogP contribution < -0.4 is 0 Å². The normalized spacial score (nSPS) is 17.1. The average Bonchev–Trinajstić information content (AvgIpc) is 2.26. The maximum Gasteiger partial charge on any atom is 0.235 e. The van der Waals surface area contributed by atoms with E-state index >= 15 is 0 Å². The van der Waals surface area contributed by atoms with Gasteiger partial charge < -0.3 is 0 Å². The second kappa shape index (κ2) is 5.48. The predicted octanol–water partition coefficient (Wildman–Crippen LogP) is 4.56. The van der Waals surface area contributed by atoms with E-state index in [9.17, 15) is 4.79 Å². The van der Waals surface area contributed by atoms with Crippen LogP contribution in [0.5, 0.6) is 0 Å². The molecule has 1 aromatic rings. The molecule has 0 aromatic heterocycles. The summed E-state index contributed by atoms with van der Waals surface area (Å²) in [5, 5.41) is 1.25.